The van der Waals surface area contributed by atoms with Crippen molar-refractivity contribution in [3.8, 4) is 0 Å². The number of alkyl halides is 3. The highest BCUT2D eigenvalue weighted by Gasteiger charge is 2.31. The molecule has 1 aliphatic rings. The number of carbonyl (C=O) groups is 1. The largest absolute Gasteiger partial charge is 0.397 e. The number of halogens is 3. The molecule has 1 saturated carbocycles. The molecule has 0 aromatic heterocycles. The van der Waals surface area contributed by atoms with E-state index in [2.05, 4.69) is 10.6 Å². The van der Waals surface area contributed by atoms with Crippen molar-refractivity contribution in [2.45, 2.75) is 38.0 Å². The quantitative estimate of drug-likeness (QED) is 0.865. The molecule has 0 bridgehead atoms. The van der Waals surface area contributed by atoms with Gasteiger partial charge < -0.3 is 10.6 Å². The first-order chi connectivity index (χ1) is 8.92. The SMILES string of the molecule is O=C(CC(F)(F)F)Nc1cccc(CNC2CC2)c1. The highest BCUT2D eigenvalue weighted by molar-refractivity contribution is 5.91. The molecule has 0 unspecified atom stereocenters. The Morgan fingerprint density at radius 3 is 2.68 bits per heavy atom. The number of rotatable bonds is 5. The Bertz CT molecular complexity index is 455. The van der Waals surface area contributed by atoms with Gasteiger partial charge in [0.05, 0.1) is 0 Å². The molecule has 2 rings (SSSR count). The summed E-state index contributed by atoms with van der Waals surface area (Å²) in [4.78, 5) is 11.2. The van der Waals surface area contributed by atoms with Crippen LogP contribution in [0.4, 0.5) is 18.9 Å². The maximum absolute atomic E-state index is 12.0. The van der Waals surface area contributed by atoms with Gasteiger partial charge in [0, 0.05) is 18.3 Å². The molecule has 0 atom stereocenters. The van der Waals surface area contributed by atoms with Gasteiger partial charge in [0.2, 0.25) is 5.91 Å². The molecule has 19 heavy (non-hydrogen) atoms. The molecule has 3 nitrogen and oxygen atoms in total. The highest BCUT2D eigenvalue weighted by atomic mass is 19.4. The molecular formula is C13H15F3N2O. The molecule has 0 radical (unpaired) electrons. The summed E-state index contributed by atoms with van der Waals surface area (Å²) in [5.74, 6) is -1.04. The molecule has 0 spiro atoms. The Labute approximate surface area is 109 Å². The zero-order valence-corrected chi connectivity index (χ0v) is 10.3. The van der Waals surface area contributed by atoms with Crippen molar-refractivity contribution >= 4 is 11.6 Å². The van der Waals surface area contributed by atoms with Crippen LogP contribution in [0.5, 0.6) is 0 Å². The van der Waals surface area contributed by atoms with Gasteiger partial charge in [-0.2, -0.15) is 13.2 Å². The van der Waals surface area contributed by atoms with Gasteiger partial charge in [0.1, 0.15) is 6.42 Å². The summed E-state index contributed by atoms with van der Waals surface area (Å²) in [6.07, 6.45) is -3.60. The zero-order valence-electron chi connectivity index (χ0n) is 10.3. The third-order valence-electron chi connectivity index (χ3n) is 2.74. The summed E-state index contributed by atoms with van der Waals surface area (Å²) in [5, 5.41) is 5.55. The summed E-state index contributed by atoms with van der Waals surface area (Å²) < 4.78 is 36.1. The minimum Gasteiger partial charge on any atom is -0.326 e. The topological polar surface area (TPSA) is 41.1 Å². The first-order valence-electron chi connectivity index (χ1n) is 6.11. The summed E-state index contributed by atoms with van der Waals surface area (Å²) in [6.45, 7) is 0.660. The zero-order chi connectivity index (χ0) is 13.9. The molecule has 1 aliphatic carbocycles. The van der Waals surface area contributed by atoms with Gasteiger partial charge in [-0.1, -0.05) is 12.1 Å². The van der Waals surface area contributed by atoms with Crippen LogP contribution in [-0.4, -0.2) is 18.1 Å². The van der Waals surface area contributed by atoms with Crippen molar-refractivity contribution in [3.63, 3.8) is 0 Å². The van der Waals surface area contributed by atoms with E-state index in [-0.39, 0.29) is 0 Å². The van der Waals surface area contributed by atoms with E-state index in [1.54, 1.807) is 18.2 Å². The third kappa shape index (κ3) is 5.30. The molecule has 1 aromatic carbocycles. The first kappa shape index (κ1) is 13.9. The molecule has 1 aromatic rings. The van der Waals surface area contributed by atoms with Crippen molar-refractivity contribution in [2.24, 2.45) is 0 Å². The Kier molecular flexibility index (Phi) is 4.09. The van der Waals surface area contributed by atoms with Crippen molar-refractivity contribution in [1.29, 1.82) is 0 Å². The number of anilines is 1. The van der Waals surface area contributed by atoms with E-state index in [0.29, 0.717) is 18.3 Å². The second-order valence-corrected chi connectivity index (χ2v) is 4.70. The van der Waals surface area contributed by atoms with Crippen LogP contribution in [0.15, 0.2) is 24.3 Å². The third-order valence-corrected chi connectivity index (χ3v) is 2.74. The predicted molar refractivity (Wildman–Crippen MR) is 65.6 cm³/mol. The summed E-state index contributed by atoms with van der Waals surface area (Å²) in [6, 6.07) is 7.41. The minimum absolute atomic E-state index is 0.393. The fourth-order valence-corrected chi connectivity index (χ4v) is 1.70. The number of hydrogen-bond donors (Lipinski definition) is 2. The van der Waals surface area contributed by atoms with Crippen molar-refractivity contribution in [2.75, 3.05) is 5.32 Å². The predicted octanol–water partition coefficient (Wildman–Crippen LogP) is 2.83. The van der Waals surface area contributed by atoms with Crippen LogP contribution >= 0.6 is 0 Å². The van der Waals surface area contributed by atoms with Crippen LogP contribution < -0.4 is 10.6 Å². The summed E-state index contributed by atoms with van der Waals surface area (Å²) >= 11 is 0. The second-order valence-electron chi connectivity index (χ2n) is 4.70. The Morgan fingerprint density at radius 1 is 1.32 bits per heavy atom. The average Bonchev–Trinajstić information content (AvgIpc) is 3.07. The van der Waals surface area contributed by atoms with Crippen LogP contribution in [0.1, 0.15) is 24.8 Å². The number of amides is 1. The minimum atomic E-state index is -4.48. The fourth-order valence-electron chi connectivity index (χ4n) is 1.70. The Morgan fingerprint density at radius 2 is 2.05 bits per heavy atom. The van der Waals surface area contributed by atoms with E-state index >= 15 is 0 Å². The molecule has 0 aliphatic heterocycles. The van der Waals surface area contributed by atoms with Crippen LogP contribution in [-0.2, 0) is 11.3 Å². The smallest absolute Gasteiger partial charge is 0.326 e. The number of benzene rings is 1. The lowest BCUT2D eigenvalue weighted by Gasteiger charge is -2.09. The summed E-state index contributed by atoms with van der Waals surface area (Å²) in [5.41, 5.74) is 1.33. The monoisotopic (exact) mass is 272 g/mol. The Hall–Kier alpha value is -1.56. The number of nitrogens with one attached hydrogen (secondary N) is 2. The van der Waals surface area contributed by atoms with Crippen LogP contribution in [0.2, 0.25) is 0 Å². The molecule has 0 heterocycles. The van der Waals surface area contributed by atoms with Crippen molar-refractivity contribution in [3.05, 3.63) is 29.8 Å². The lowest BCUT2D eigenvalue weighted by molar-refractivity contribution is -0.150. The lowest BCUT2D eigenvalue weighted by Crippen LogP contribution is -2.21. The molecule has 6 heteroatoms. The summed E-state index contributed by atoms with van der Waals surface area (Å²) in [7, 11) is 0. The number of hydrogen-bond acceptors (Lipinski definition) is 2. The van der Waals surface area contributed by atoms with E-state index in [9.17, 15) is 18.0 Å². The normalized spacial score (nSPS) is 15.3. The van der Waals surface area contributed by atoms with E-state index < -0.39 is 18.5 Å². The van der Waals surface area contributed by atoms with Gasteiger partial charge in [0.25, 0.3) is 0 Å². The van der Waals surface area contributed by atoms with Gasteiger partial charge in [-0.3, -0.25) is 4.79 Å². The Balaban J connectivity index is 1.88. The number of carbonyl (C=O) groups excluding carboxylic acids is 1. The maximum atomic E-state index is 12.0. The van der Waals surface area contributed by atoms with Gasteiger partial charge in [-0.05, 0) is 30.5 Å². The molecule has 1 fully saturated rings. The van der Waals surface area contributed by atoms with E-state index in [0.717, 1.165) is 5.56 Å². The molecule has 2 N–H and O–H groups in total. The molecule has 104 valence electrons. The van der Waals surface area contributed by atoms with E-state index in [1.165, 1.54) is 12.8 Å². The highest BCUT2D eigenvalue weighted by Crippen LogP contribution is 2.21. The van der Waals surface area contributed by atoms with E-state index in [4.69, 9.17) is 0 Å². The van der Waals surface area contributed by atoms with Gasteiger partial charge in [0.15, 0.2) is 0 Å². The van der Waals surface area contributed by atoms with Gasteiger partial charge >= 0.3 is 6.18 Å². The van der Waals surface area contributed by atoms with E-state index in [1.807, 2.05) is 6.07 Å². The lowest BCUT2D eigenvalue weighted by atomic mass is 10.2. The molecule has 0 saturated heterocycles. The first-order valence-corrected chi connectivity index (χ1v) is 6.11. The standard InChI is InChI=1S/C13H15F3N2O/c14-13(15,16)7-12(19)18-11-3-1-2-9(6-11)8-17-10-4-5-10/h1-3,6,10,17H,4-5,7-8H2,(H,18,19). The van der Waals surface area contributed by atoms with Crippen molar-refractivity contribution < 1.29 is 18.0 Å². The maximum Gasteiger partial charge on any atom is 0.397 e. The molecule has 1 amide bonds. The second kappa shape index (κ2) is 5.61. The van der Waals surface area contributed by atoms with Gasteiger partial charge in [-0.15, -0.1) is 0 Å². The van der Waals surface area contributed by atoms with Gasteiger partial charge in [-0.25, -0.2) is 0 Å². The van der Waals surface area contributed by atoms with Crippen LogP contribution in [0.3, 0.4) is 0 Å². The fraction of sp³-hybridized carbons (Fsp3) is 0.462. The van der Waals surface area contributed by atoms with Crippen LogP contribution in [0.25, 0.3) is 0 Å². The van der Waals surface area contributed by atoms with Crippen LogP contribution in [0, 0.1) is 0 Å². The molecular weight excluding hydrogens is 257 g/mol. The van der Waals surface area contributed by atoms with Crippen molar-refractivity contribution in [1.82, 2.24) is 5.32 Å². The average molecular weight is 272 g/mol.